The van der Waals surface area contributed by atoms with Crippen molar-refractivity contribution in [3.8, 4) is 5.75 Å². The van der Waals surface area contributed by atoms with Gasteiger partial charge in [-0.3, -0.25) is 4.79 Å². The zero-order chi connectivity index (χ0) is 12.8. The third-order valence-electron chi connectivity index (χ3n) is 2.44. The first kappa shape index (κ1) is 13.4. The fourth-order valence-electron chi connectivity index (χ4n) is 1.48. The number of amides is 1. The first-order valence-corrected chi connectivity index (χ1v) is 5.65. The van der Waals surface area contributed by atoms with E-state index in [4.69, 9.17) is 4.74 Å². The van der Waals surface area contributed by atoms with Crippen LogP contribution in [-0.2, 0) is 4.79 Å². The SMILES string of the molecule is CCN(CC)C(=O)C(C)Oc1ccc(F)nc1. The lowest BCUT2D eigenvalue weighted by molar-refractivity contribution is -0.137. The lowest BCUT2D eigenvalue weighted by atomic mass is 10.3. The highest BCUT2D eigenvalue weighted by molar-refractivity contribution is 5.80. The molecule has 0 fully saturated rings. The smallest absolute Gasteiger partial charge is 0.263 e. The standard InChI is InChI=1S/C12H17FN2O2/c1-4-15(5-2)12(16)9(3)17-10-6-7-11(13)14-8-10/h6-9H,4-5H2,1-3H3. The number of likely N-dealkylation sites (N-methyl/N-ethyl adjacent to an activating group) is 1. The molecule has 1 heterocycles. The van der Waals surface area contributed by atoms with Crippen LogP contribution in [0.1, 0.15) is 20.8 Å². The molecule has 0 spiro atoms. The molecular formula is C12H17FN2O2. The predicted octanol–water partition coefficient (Wildman–Crippen LogP) is 1.86. The van der Waals surface area contributed by atoms with Crippen LogP contribution in [0.25, 0.3) is 0 Å². The highest BCUT2D eigenvalue weighted by atomic mass is 19.1. The van der Waals surface area contributed by atoms with Crippen molar-refractivity contribution in [2.24, 2.45) is 0 Å². The normalized spacial score (nSPS) is 12.0. The van der Waals surface area contributed by atoms with E-state index in [1.54, 1.807) is 11.8 Å². The van der Waals surface area contributed by atoms with Gasteiger partial charge in [0.1, 0.15) is 5.75 Å². The Hall–Kier alpha value is -1.65. The summed E-state index contributed by atoms with van der Waals surface area (Å²) in [5.74, 6) is -0.265. The van der Waals surface area contributed by atoms with Crippen LogP contribution in [0.4, 0.5) is 4.39 Å². The molecule has 5 heteroatoms. The van der Waals surface area contributed by atoms with Gasteiger partial charge in [0, 0.05) is 13.1 Å². The Bertz CT molecular complexity index is 363. The van der Waals surface area contributed by atoms with E-state index in [0.29, 0.717) is 18.8 Å². The Labute approximate surface area is 100 Å². The average molecular weight is 240 g/mol. The highest BCUT2D eigenvalue weighted by Crippen LogP contribution is 2.11. The molecule has 0 saturated heterocycles. The molecule has 0 aliphatic carbocycles. The Balaban J connectivity index is 2.62. The molecule has 0 aliphatic heterocycles. The molecule has 0 saturated carbocycles. The zero-order valence-electron chi connectivity index (χ0n) is 10.3. The molecule has 0 aliphatic rings. The monoisotopic (exact) mass is 240 g/mol. The largest absolute Gasteiger partial charge is 0.479 e. The summed E-state index contributed by atoms with van der Waals surface area (Å²) in [6.07, 6.45) is 0.670. The lowest BCUT2D eigenvalue weighted by Gasteiger charge is -2.23. The molecule has 0 aromatic carbocycles. The lowest BCUT2D eigenvalue weighted by Crippen LogP contribution is -2.40. The summed E-state index contributed by atoms with van der Waals surface area (Å²) in [5.41, 5.74) is 0. The summed E-state index contributed by atoms with van der Waals surface area (Å²) >= 11 is 0. The van der Waals surface area contributed by atoms with Crippen LogP contribution in [0.2, 0.25) is 0 Å². The number of rotatable bonds is 5. The molecular weight excluding hydrogens is 223 g/mol. The number of halogens is 1. The number of carbonyl (C=O) groups is 1. The molecule has 0 radical (unpaired) electrons. The van der Waals surface area contributed by atoms with Crippen molar-refractivity contribution in [3.63, 3.8) is 0 Å². The number of nitrogens with zero attached hydrogens (tertiary/aromatic N) is 2. The Morgan fingerprint density at radius 1 is 1.47 bits per heavy atom. The van der Waals surface area contributed by atoms with Crippen molar-refractivity contribution in [2.75, 3.05) is 13.1 Å². The number of pyridine rings is 1. The molecule has 1 aromatic heterocycles. The second kappa shape index (κ2) is 6.18. The van der Waals surface area contributed by atoms with Crippen molar-refractivity contribution in [1.82, 2.24) is 9.88 Å². The second-order valence-electron chi connectivity index (χ2n) is 3.59. The quantitative estimate of drug-likeness (QED) is 0.738. The van der Waals surface area contributed by atoms with E-state index < -0.39 is 12.1 Å². The summed E-state index contributed by atoms with van der Waals surface area (Å²) in [6, 6.07) is 2.65. The maximum Gasteiger partial charge on any atom is 0.263 e. The Morgan fingerprint density at radius 2 is 2.12 bits per heavy atom. The summed E-state index contributed by atoms with van der Waals surface area (Å²) in [5, 5.41) is 0. The molecule has 17 heavy (non-hydrogen) atoms. The van der Waals surface area contributed by atoms with Crippen LogP contribution >= 0.6 is 0 Å². The van der Waals surface area contributed by atoms with Crippen LogP contribution in [0, 0.1) is 5.95 Å². The van der Waals surface area contributed by atoms with Gasteiger partial charge in [0.15, 0.2) is 6.10 Å². The molecule has 1 rings (SSSR count). The van der Waals surface area contributed by atoms with Gasteiger partial charge >= 0.3 is 0 Å². The Kier molecular flexibility index (Phi) is 4.87. The summed E-state index contributed by atoms with van der Waals surface area (Å²) in [7, 11) is 0. The van der Waals surface area contributed by atoms with Gasteiger partial charge in [-0.15, -0.1) is 0 Å². The van der Waals surface area contributed by atoms with Crippen LogP contribution in [0.5, 0.6) is 5.75 Å². The van der Waals surface area contributed by atoms with Crippen LogP contribution in [-0.4, -0.2) is 35.0 Å². The number of aromatic nitrogens is 1. The number of carbonyl (C=O) groups excluding carboxylic acids is 1. The van der Waals surface area contributed by atoms with Crippen molar-refractivity contribution in [1.29, 1.82) is 0 Å². The minimum atomic E-state index is -0.595. The van der Waals surface area contributed by atoms with E-state index >= 15 is 0 Å². The first-order valence-electron chi connectivity index (χ1n) is 5.65. The Morgan fingerprint density at radius 3 is 2.59 bits per heavy atom. The van der Waals surface area contributed by atoms with Gasteiger partial charge in [0.25, 0.3) is 5.91 Å². The van der Waals surface area contributed by atoms with E-state index in [2.05, 4.69) is 4.98 Å². The molecule has 0 N–H and O–H groups in total. The van der Waals surface area contributed by atoms with E-state index in [1.807, 2.05) is 13.8 Å². The van der Waals surface area contributed by atoms with E-state index in [0.717, 1.165) is 0 Å². The van der Waals surface area contributed by atoms with Gasteiger partial charge in [-0.1, -0.05) is 0 Å². The minimum absolute atomic E-state index is 0.0840. The van der Waals surface area contributed by atoms with Crippen molar-refractivity contribution < 1.29 is 13.9 Å². The van der Waals surface area contributed by atoms with Gasteiger partial charge in [-0.05, 0) is 32.9 Å². The zero-order valence-corrected chi connectivity index (χ0v) is 10.3. The fourth-order valence-corrected chi connectivity index (χ4v) is 1.48. The van der Waals surface area contributed by atoms with Gasteiger partial charge in [0.05, 0.1) is 6.20 Å². The second-order valence-corrected chi connectivity index (χ2v) is 3.59. The minimum Gasteiger partial charge on any atom is -0.479 e. The molecule has 1 amide bonds. The maximum absolute atomic E-state index is 12.6. The maximum atomic E-state index is 12.6. The molecule has 1 unspecified atom stereocenters. The van der Waals surface area contributed by atoms with E-state index in [9.17, 15) is 9.18 Å². The van der Waals surface area contributed by atoms with Crippen molar-refractivity contribution in [2.45, 2.75) is 26.9 Å². The van der Waals surface area contributed by atoms with E-state index in [-0.39, 0.29) is 5.91 Å². The molecule has 1 aromatic rings. The van der Waals surface area contributed by atoms with Crippen LogP contribution in [0.15, 0.2) is 18.3 Å². The number of ether oxygens (including phenoxy) is 1. The van der Waals surface area contributed by atoms with Gasteiger partial charge in [-0.25, -0.2) is 4.98 Å². The van der Waals surface area contributed by atoms with Crippen LogP contribution < -0.4 is 4.74 Å². The summed E-state index contributed by atoms with van der Waals surface area (Å²) < 4.78 is 18.0. The number of hydrogen-bond donors (Lipinski definition) is 0. The highest BCUT2D eigenvalue weighted by Gasteiger charge is 2.19. The molecule has 1 atom stereocenters. The van der Waals surface area contributed by atoms with E-state index in [1.165, 1.54) is 18.3 Å². The van der Waals surface area contributed by atoms with Gasteiger partial charge in [0.2, 0.25) is 5.95 Å². The third kappa shape index (κ3) is 3.69. The fraction of sp³-hybridized carbons (Fsp3) is 0.500. The topological polar surface area (TPSA) is 42.4 Å². The average Bonchev–Trinajstić information content (AvgIpc) is 2.33. The number of hydrogen-bond acceptors (Lipinski definition) is 3. The molecule has 4 nitrogen and oxygen atoms in total. The van der Waals surface area contributed by atoms with Crippen molar-refractivity contribution in [3.05, 3.63) is 24.3 Å². The third-order valence-corrected chi connectivity index (χ3v) is 2.44. The van der Waals surface area contributed by atoms with Gasteiger partial charge in [-0.2, -0.15) is 4.39 Å². The summed E-state index contributed by atoms with van der Waals surface area (Å²) in [4.78, 5) is 17.0. The predicted molar refractivity (Wildman–Crippen MR) is 62.2 cm³/mol. The molecule has 0 bridgehead atoms. The van der Waals surface area contributed by atoms with Crippen LogP contribution in [0.3, 0.4) is 0 Å². The van der Waals surface area contributed by atoms with Crippen molar-refractivity contribution >= 4 is 5.91 Å². The molecule has 94 valence electrons. The van der Waals surface area contributed by atoms with Gasteiger partial charge < -0.3 is 9.64 Å². The summed E-state index contributed by atoms with van der Waals surface area (Å²) in [6.45, 7) is 6.78. The first-order chi connectivity index (χ1) is 8.08.